The number of nitrogens with zero attached hydrogens (tertiary/aromatic N) is 8. The van der Waals surface area contributed by atoms with E-state index < -0.39 is 65.1 Å². The molecule has 2 heterocycles. The first-order valence-electron chi connectivity index (χ1n) is 12.6. The molecule has 2 aromatic carbocycles. The summed E-state index contributed by atoms with van der Waals surface area (Å²) in [5, 5.41) is 6.08. The molecule has 42 heavy (non-hydrogen) atoms. The van der Waals surface area contributed by atoms with Crippen LogP contribution in [0, 0.1) is 11.8 Å². The fourth-order valence-corrected chi connectivity index (χ4v) is 5.07. The van der Waals surface area contributed by atoms with Gasteiger partial charge in [-0.2, -0.15) is 0 Å². The predicted molar refractivity (Wildman–Crippen MR) is 143 cm³/mol. The van der Waals surface area contributed by atoms with Crippen LogP contribution in [-0.4, -0.2) is 63.1 Å². The summed E-state index contributed by atoms with van der Waals surface area (Å²) in [5.41, 5.74) is 16.9. The van der Waals surface area contributed by atoms with Crippen LogP contribution >= 0.6 is 0 Å². The predicted octanol–water partition coefficient (Wildman–Crippen LogP) is 3.83. The zero-order valence-corrected chi connectivity index (χ0v) is 22.7. The number of carbonyl (C=O) groups excluding carboxylic acids is 7. The van der Waals surface area contributed by atoms with Crippen molar-refractivity contribution in [3.63, 3.8) is 0 Å². The molecule has 0 N–H and O–H groups in total. The second kappa shape index (κ2) is 11.1. The van der Waals surface area contributed by atoms with Crippen LogP contribution < -0.4 is 0 Å². The van der Waals surface area contributed by atoms with Gasteiger partial charge in [0.15, 0.2) is 5.78 Å². The average Bonchev–Trinajstić information content (AvgIpc) is 3.33. The third-order valence-electron chi connectivity index (χ3n) is 6.97. The molecule has 0 aliphatic carbocycles. The lowest BCUT2D eigenvalue weighted by atomic mass is 9.96. The first-order valence-corrected chi connectivity index (χ1v) is 12.6. The van der Waals surface area contributed by atoms with Gasteiger partial charge in [-0.1, -0.05) is 39.8 Å². The van der Waals surface area contributed by atoms with Crippen LogP contribution in [0.5, 0.6) is 0 Å². The van der Waals surface area contributed by atoms with Crippen LogP contribution in [0.15, 0.2) is 46.6 Å². The fraction of sp³-hybridized carbons (Fsp3) is 0.296. The minimum atomic E-state index is -1.35. The third-order valence-corrected chi connectivity index (χ3v) is 6.97. The summed E-state index contributed by atoms with van der Waals surface area (Å²) < 4.78 is 0. The third kappa shape index (κ3) is 4.68. The maximum Gasteiger partial charge on any atom is 0.262 e. The molecule has 4 rings (SSSR count). The van der Waals surface area contributed by atoms with E-state index in [0.717, 1.165) is 0 Å². The number of amides is 6. The maximum atomic E-state index is 13.4. The van der Waals surface area contributed by atoms with E-state index in [4.69, 9.17) is 11.1 Å². The normalized spacial score (nSPS) is 15.3. The van der Waals surface area contributed by atoms with Gasteiger partial charge in [0.2, 0.25) is 11.8 Å². The Morgan fingerprint density at radius 2 is 0.952 bits per heavy atom. The van der Waals surface area contributed by atoms with E-state index in [9.17, 15) is 33.6 Å². The van der Waals surface area contributed by atoms with E-state index in [2.05, 4.69) is 20.1 Å². The maximum absolute atomic E-state index is 13.4. The van der Waals surface area contributed by atoms with Crippen LogP contribution in [0.3, 0.4) is 0 Å². The van der Waals surface area contributed by atoms with Crippen LogP contribution in [0.2, 0.25) is 0 Å². The fourth-order valence-electron chi connectivity index (χ4n) is 5.07. The molecule has 2 aromatic rings. The molecule has 0 bridgehead atoms. The van der Waals surface area contributed by atoms with Crippen molar-refractivity contribution in [1.82, 2.24) is 9.80 Å². The van der Waals surface area contributed by atoms with Gasteiger partial charge in [-0.3, -0.25) is 43.4 Å². The van der Waals surface area contributed by atoms with Gasteiger partial charge in [0.1, 0.15) is 12.1 Å². The molecule has 2 aliphatic rings. The topological polar surface area (TPSA) is 223 Å². The van der Waals surface area contributed by atoms with E-state index >= 15 is 0 Å². The SMILES string of the molecule is CC(C)[C@@H](C(=O)N=[N+]=[N-])N1C(=O)c2ccc(C(=O)c3ccc4c(c3)C(=O)N([C@H](C(=O)N=[N+]=[N-])C(C)C)C4=O)cc2C1=O. The Morgan fingerprint density at radius 3 is 1.26 bits per heavy atom. The molecule has 15 heteroatoms. The Bertz CT molecular complexity index is 1590. The highest BCUT2D eigenvalue weighted by Crippen LogP contribution is 2.32. The van der Waals surface area contributed by atoms with Gasteiger partial charge in [0, 0.05) is 21.0 Å². The number of azide groups is 2. The zero-order valence-electron chi connectivity index (χ0n) is 22.7. The summed E-state index contributed by atoms with van der Waals surface area (Å²) in [4.78, 5) is 97.0. The average molecular weight is 571 g/mol. The van der Waals surface area contributed by atoms with Crippen LogP contribution in [0.1, 0.15) is 85.0 Å². The van der Waals surface area contributed by atoms with Crippen molar-refractivity contribution in [3.05, 3.63) is 90.7 Å². The molecule has 0 saturated carbocycles. The molecule has 0 saturated heterocycles. The number of ketones is 1. The van der Waals surface area contributed by atoms with E-state index in [-0.39, 0.29) is 33.4 Å². The molecule has 0 unspecified atom stereocenters. The number of carbonyl (C=O) groups is 7. The molecule has 6 amide bonds. The van der Waals surface area contributed by atoms with E-state index in [1.54, 1.807) is 27.7 Å². The minimum absolute atomic E-state index is 0.0219. The second-order valence-electron chi connectivity index (χ2n) is 10.2. The van der Waals surface area contributed by atoms with Crippen molar-refractivity contribution in [2.75, 3.05) is 0 Å². The van der Waals surface area contributed by atoms with Gasteiger partial charge in [-0.05, 0) is 57.4 Å². The monoisotopic (exact) mass is 570 g/mol. The summed E-state index contributed by atoms with van der Waals surface area (Å²) >= 11 is 0. The van der Waals surface area contributed by atoms with Crippen LogP contribution in [0.25, 0.3) is 20.9 Å². The molecule has 2 aliphatic heterocycles. The van der Waals surface area contributed by atoms with Gasteiger partial charge in [-0.25, -0.2) is 0 Å². The number of hydrogen-bond donors (Lipinski definition) is 0. The zero-order chi connectivity index (χ0) is 31.0. The summed E-state index contributed by atoms with van der Waals surface area (Å²) in [7, 11) is 0. The van der Waals surface area contributed by atoms with Crippen LogP contribution in [0.4, 0.5) is 0 Å². The number of imide groups is 2. The molecule has 0 radical (unpaired) electrons. The summed E-state index contributed by atoms with van der Waals surface area (Å²) in [6.07, 6.45) is 0. The number of rotatable bonds is 8. The molecule has 0 spiro atoms. The Morgan fingerprint density at radius 1 is 0.619 bits per heavy atom. The number of hydrogen-bond acceptors (Lipinski definition) is 7. The van der Waals surface area contributed by atoms with Crippen molar-refractivity contribution >= 4 is 41.2 Å². The van der Waals surface area contributed by atoms with Crippen molar-refractivity contribution in [1.29, 1.82) is 0 Å². The Balaban J connectivity index is 1.68. The van der Waals surface area contributed by atoms with Crippen molar-refractivity contribution < 1.29 is 33.6 Å². The lowest BCUT2D eigenvalue weighted by Gasteiger charge is -2.26. The lowest BCUT2D eigenvalue weighted by Crippen LogP contribution is -2.47. The molecule has 2 atom stereocenters. The number of benzene rings is 2. The highest BCUT2D eigenvalue weighted by molar-refractivity contribution is 6.25. The van der Waals surface area contributed by atoms with Gasteiger partial charge < -0.3 is 0 Å². The highest BCUT2D eigenvalue weighted by atomic mass is 16.2. The van der Waals surface area contributed by atoms with Gasteiger partial charge >= 0.3 is 0 Å². The summed E-state index contributed by atoms with van der Waals surface area (Å²) in [6, 6.07) is 4.80. The Labute approximate surface area is 237 Å². The second-order valence-corrected chi connectivity index (χ2v) is 10.2. The van der Waals surface area contributed by atoms with Crippen molar-refractivity contribution in [2.24, 2.45) is 22.1 Å². The van der Waals surface area contributed by atoms with E-state index in [1.165, 1.54) is 36.4 Å². The minimum Gasteiger partial charge on any atom is -0.290 e. The molecular formula is C27H22N8O7. The molecule has 0 aromatic heterocycles. The highest BCUT2D eigenvalue weighted by Gasteiger charge is 2.45. The molecule has 0 fully saturated rings. The first-order chi connectivity index (χ1) is 19.8. The van der Waals surface area contributed by atoms with Crippen molar-refractivity contribution in [3.8, 4) is 0 Å². The van der Waals surface area contributed by atoms with Crippen molar-refractivity contribution in [2.45, 2.75) is 39.8 Å². The lowest BCUT2D eigenvalue weighted by molar-refractivity contribution is -0.123. The molecule has 212 valence electrons. The van der Waals surface area contributed by atoms with Gasteiger partial charge in [0.05, 0.1) is 22.3 Å². The smallest absolute Gasteiger partial charge is 0.262 e. The van der Waals surface area contributed by atoms with E-state index in [1.807, 2.05) is 0 Å². The quantitative estimate of drug-likeness (QED) is 0.150. The standard InChI is InChI=1S/C27H22N8O7/c1-11(2)19(22(37)30-32-28)34-24(39)15-7-5-13(9-17(15)26(34)41)21(36)14-6-8-16-18(10-14)27(42)35(25(16)40)20(12(3)4)23(38)31-33-29/h5-12,19-20H,1-4H3/t19-,20-/m0/s1. The summed E-state index contributed by atoms with van der Waals surface area (Å²) in [6.45, 7) is 6.30. The van der Waals surface area contributed by atoms with E-state index in [0.29, 0.717) is 9.80 Å². The van der Waals surface area contributed by atoms with Crippen LogP contribution in [-0.2, 0) is 9.59 Å². The van der Waals surface area contributed by atoms with Gasteiger partial charge in [0.25, 0.3) is 23.6 Å². The largest absolute Gasteiger partial charge is 0.290 e. The Kier molecular flexibility index (Phi) is 7.74. The first kappa shape index (κ1) is 29.3. The number of fused-ring (bicyclic) bond motifs is 2. The van der Waals surface area contributed by atoms with Gasteiger partial charge in [-0.15, -0.1) is 0 Å². The Hall–Kier alpha value is -5.65. The molecule has 15 nitrogen and oxygen atoms in total. The summed E-state index contributed by atoms with van der Waals surface area (Å²) in [5.74, 6) is -7.08. The molecular weight excluding hydrogens is 548 g/mol.